The number of ether oxygens (including phenoxy) is 2. The van der Waals surface area contributed by atoms with Gasteiger partial charge < -0.3 is 9.47 Å². The number of amides is 1. The number of carbonyl (C=O) groups is 2. The summed E-state index contributed by atoms with van der Waals surface area (Å²) in [7, 11) is 1.46. The maximum absolute atomic E-state index is 12.3. The van der Waals surface area contributed by atoms with Gasteiger partial charge in [-0.1, -0.05) is 11.6 Å². The van der Waals surface area contributed by atoms with Crippen LogP contribution in [0.4, 0.5) is 0 Å². The molecule has 0 spiro atoms. The van der Waals surface area contributed by atoms with E-state index in [2.05, 4.69) is 15.5 Å². The Labute approximate surface area is 171 Å². The van der Waals surface area contributed by atoms with Crippen molar-refractivity contribution in [2.45, 2.75) is 0 Å². The molecule has 8 heteroatoms. The van der Waals surface area contributed by atoms with E-state index in [0.717, 1.165) is 0 Å². The molecule has 2 aromatic carbocycles. The van der Waals surface area contributed by atoms with E-state index in [9.17, 15) is 9.59 Å². The van der Waals surface area contributed by atoms with E-state index in [-0.39, 0.29) is 11.7 Å². The summed E-state index contributed by atoms with van der Waals surface area (Å²) in [5.74, 6) is -0.321. The van der Waals surface area contributed by atoms with Crippen molar-refractivity contribution in [2.24, 2.45) is 5.10 Å². The van der Waals surface area contributed by atoms with E-state index >= 15 is 0 Å². The van der Waals surface area contributed by atoms with Crippen LogP contribution in [0.1, 0.15) is 26.3 Å². The van der Waals surface area contributed by atoms with E-state index in [0.29, 0.717) is 27.5 Å². The molecule has 0 saturated heterocycles. The van der Waals surface area contributed by atoms with Crippen molar-refractivity contribution in [3.63, 3.8) is 0 Å². The van der Waals surface area contributed by atoms with E-state index in [1.807, 2.05) is 0 Å². The van der Waals surface area contributed by atoms with Crippen LogP contribution in [0.15, 0.2) is 72.1 Å². The van der Waals surface area contributed by atoms with Gasteiger partial charge in [0.05, 0.1) is 24.5 Å². The molecule has 1 aromatic heterocycles. The minimum absolute atomic E-state index is 0.254. The third-order valence-electron chi connectivity index (χ3n) is 3.77. The smallest absolute Gasteiger partial charge is 0.343 e. The summed E-state index contributed by atoms with van der Waals surface area (Å²) in [5.41, 5.74) is 3.81. The Morgan fingerprint density at radius 1 is 1.07 bits per heavy atom. The first-order valence-corrected chi connectivity index (χ1v) is 8.84. The molecule has 29 heavy (non-hydrogen) atoms. The predicted molar refractivity (Wildman–Crippen MR) is 109 cm³/mol. The molecule has 1 heterocycles. The van der Waals surface area contributed by atoms with Crippen molar-refractivity contribution in [1.29, 1.82) is 0 Å². The van der Waals surface area contributed by atoms with Crippen molar-refractivity contribution in [3.8, 4) is 11.5 Å². The van der Waals surface area contributed by atoms with Crippen LogP contribution in [-0.2, 0) is 0 Å². The number of halogens is 1. The molecule has 1 N–H and O–H groups in total. The molecule has 7 nitrogen and oxygen atoms in total. The van der Waals surface area contributed by atoms with Gasteiger partial charge in [0.15, 0.2) is 11.5 Å². The maximum atomic E-state index is 12.3. The number of carbonyl (C=O) groups excluding carboxylic acids is 2. The van der Waals surface area contributed by atoms with Crippen molar-refractivity contribution >= 4 is 29.7 Å². The number of esters is 1. The minimum Gasteiger partial charge on any atom is -0.493 e. The molecule has 0 bridgehead atoms. The number of hydrogen-bond donors (Lipinski definition) is 1. The van der Waals surface area contributed by atoms with Gasteiger partial charge in [-0.05, 0) is 60.2 Å². The average Bonchev–Trinajstić information content (AvgIpc) is 2.75. The fourth-order valence-corrected chi connectivity index (χ4v) is 2.45. The number of nitrogens with one attached hydrogen (secondary N) is 1. The number of benzene rings is 2. The first kappa shape index (κ1) is 20.0. The summed E-state index contributed by atoms with van der Waals surface area (Å²) in [6, 6.07) is 14.5. The Balaban J connectivity index is 1.67. The second kappa shape index (κ2) is 9.48. The molecule has 0 fully saturated rings. The van der Waals surface area contributed by atoms with Gasteiger partial charge in [-0.2, -0.15) is 5.10 Å². The molecule has 3 rings (SSSR count). The topological polar surface area (TPSA) is 89.9 Å². The Kier molecular flexibility index (Phi) is 6.55. The summed E-state index contributed by atoms with van der Waals surface area (Å²) in [4.78, 5) is 28.1. The molecule has 0 aliphatic heterocycles. The standard InChI is InChI=1S/C21H16ClN3O4/c1-28-19-11-14(12-24-25-20(26)16-3-2-10-23-13-16)4-9-18(19)29-21(27)15-5-7-17(22)8-6-15/h2-13H,1H3,(H,25,26). The summed E-state index contributed by atoms with van der Waals surface area (Å²) >= 11 is 5.82. The first-order chi connectivity index (χ1) is 14.1. The number of hydrogen-bond acceptors (Lipinski definition) is 6. The zero-order valence-corrected chi connectivity index (χ0v) is 16.1. The summed E-state index contributed by atoms with van der Waals surface area (Å²) in [5, 5.41) is 4.44. The van der Waals surface area contributed by atoms with Gasteiger partial charge in [-0.15, -0.1) is 0 Å². The number of nitrogens with zero attached hydrogens (tertiary/aromatic N) is 2. The molecule has 0 saturated carbocycles. The molecule has 3 aromatic rings. The largest absolute Gasteiger partial charge is 0.493 e. The van der Waals surface area contributed by atoms with Crippen molar-refractivity contribution in [2.75, 3.05) is 7.11 Å². The lowest BCUT2D eigenvalue weighted by atomic mass is 10.2. The van der Waals surface area contributed by atoms with Crippen LogP contribution in [0, 0.1) is 0 Å². The van der Waals surface area contributed by atoms with Crippen LogP contribution in [0.25, 0.3) is 0 Å². The zero-order valence-electron chi connectivity index (χ0n) is 15.3. The monoisotopic (exact) mass is 409 g/mol. The second-order valence-electron chi connectivity index (χ2n) is 5.75. The van der Waals surface area contributed by atoms with Crippen molar-refractivity contribution in [1.82, 2.24) is 10.4 Å². The van der Waals surface area contributed by atoms with Crippen LogP contribution in [0.3, 0.4) is 0 Å². The number of methoxy groups -OCH3 is 1. The zero-order chi connectivity index (χ0) is 20.6. The third-order valence-corrected chi connectivity index (χ3v) is 4.03. The van der Waals surface area contributed by atoms with Gasteiger partial charge in [0.2, 0.25) is 0 Å². The van der Waals surface area contributed by atoms with Gasteiger partial charge in [-0.3, -0.25) is 9.78 Å². The number of pyridine rings is 1. The SMILES string of the molecule is COc1cc(C=NNC(=O)c2cccnc2)ccc1OC(=O)c1ccc(Cl)cc1. The van der Waals surface area contributed by atoms with Gasteiger partial charge in [0.1, 0.15) is 0 Å². The maximum Gasteiger partial charge on any atom is 0.343 e. The van der Waals surface area contributed by atoms with Gasteiger partial charge in [0, 0.05) is 17.4 Å². The highest BCUT2D eigenvalue weighted by atomic mass is 35.5. The molecule has 0 aliphatic rings. The normalized spacial score (nSPS) is 10.6. The molecule has 1 amide bonds. The highest BCUT2D eigenvalue weighted by Gasteiger charge is 2.13. The predicted octanol–water partition coefficient (Wildman–Crippen LogP) is 3.73. The fourth-order valence-electron chi connectivity index (χ4n) is 2.32. The van der Waals surface area contributed by atoms with Crippen LogP contribution in [0.5, 0.6) is 11.5 Å². The highest BCUT2D eigenvalue weighted by molar-refractivity contribution is 6.30. The van der Waals surface area contributed by atoms with E-state index in [1.165, 1.54) is 19.5 Å². The van der Waals surface area contributed by atoms with Crippen LogP contribution in [-0.4, -0.2) is 30.2 Å². The lowest BCUT2D eigenvalue weighted by molar-refractivity contribution is 0.0729. The minimum atomic E-state index is -0.537. The average molecular weight is 410 g/mol. The van der Waals surface area contributed by atoms with Gasteiger partial charge in [-0.25, -0.2) is 10.2 Å². The van der Waals surface area contributed by atoms with Crippen molar-refractivity contribution in [3.05, 3.63) is 88.7 Å². The Hall–Kier alpha value is -3.71. The summed E-state index contributed by atoms with van der Waals surface area (Å²) in [6.45, 7) is 0. The lowest BCUT2D eigenvalue weighted by Gasteiger charge is -2.10. The molecule has 0 aliphatic carbocycles. The number of hydrazone groups is 1. The first-order valence-electron chi connectivity index (χ1n) is 8.46. The third kappa shape index (κ3) is 5.40. The van der Waals surface area contributed by atoms with Crippen LogP contribution >= 0.6 is 11.6 Å². The highest BCUT2D eigenvalue weighted by Crippen LogP contribution is 2.28. The van der Waals surface area contributed by atoms with E-state index < -0.39 is 5.97 Å². The number of rotatable bonds is 6. The number of aromatic nitrogens is 1. The lowest BCUT2D eigenvalue weighted by Crippen LogP contribution is -2.17. The molecular formula is C21H16ClN3O4. The Bertz CT molecular complexity index is 1040. The summed E-state index contributed by atoms with van der Waals surface area (Å²) < 4.78 is 10.7. The molecule has 0 unspecified atom stereocenters. The van der Waals surface area contributed by atoms with Crippen LogP contribution in [0.2, 0.25) is 5.02 Å². The molecule has 0 atom stereocenters. The summed E-state index contributed by atoms with van der Waals surface area (Å²) in [6.07, 6.45) is 4.47. The van der Waals surface area contributed by atoms with E-state index in [4.69, 9.17) is 21.1 Å². The Morgan fingerprint density at radius 3 is 2.55 bits per heavy atom. The molecular weight excluding hydrogens is 394 g/mol. The van der Waals surface area contributed by atoms with Crippen LogP contribution < -0.4 is 14.9 Å². The quantitative estimate of drug-likeness (QED) is 0.290. The van der Waals surface area contributed by atoms with Crippen molar-refractivity contribution < 1.29 is 19.1 Å². The van der Waals surface area contributed by atoms with E-state index in [1.54, 1.807) is 60.8 Å². The van der Waals surface area contributed by atoms with Gasteiger partial charge >= 0.3 is 5.97 Å². The molecule has 146 valence electrons. The second-order valence-corrected chi connectivity index (χ2v) is 6.18. The fraction of sp³-hybridized carbons (Fsp3) is 0.0476. The molecule has 0 radical (unpaired) electrons. The van der Waals surface area contributed by atoms with Gasteiger partial charge in [0.25, 0.3) is 5.91 Å². The Morgan fingerprint density at radius 2 is 1.86 bits per heavy atom.